The number of hydrogen-bond acceptors (Lipinski definition) is 3. The standard InChI is InChI=1S/C19H22FN3/c20-15-6-4-14-5-7-18(17(14)13-15)22-16-8-11-23(12-9-16)19-3-1-2-10-21-19/h1-4,6,10,13,16,18,22H,5,7-9,11-12H2/t18-/m1/s1. The molecule has 0 amide bonds. The molecule has 2 heterocycles. The third kappa shape index (κ3) is 3.08. The molecule has 1 saturated heterocycles. The van der Waals surface area contributed by atoms with Crippen molar-refractivity contribution in [3.63, 3.8) is 0 Å². The smallest absolute Gasteiger partial charge is 0.128 e. The topological polar surface area (TPSA) is 28.2 Å². The summed E-state index contributed by atoms with van der Waals surface area (Å²) in [5.74, 6) is 0.946. The van der Waals surface area contributed by atoms with E-state index in [4.69, 9.17) is 0 Å². The Labute approximate surface area is 136 Å². The number of halogens is 1. The average Bonchev–Trinajstić information content (AvgIpc) is 2.98. The van der Waals surface area contributed by atoms with Gasteiger partial charge in [0, 0.05) is 31.4 Å². The number of anilines is 1. The van der Waals surface area contributed by atoms with Gasteiger partial charge in [0.1, 0.15) is 11.6 Å². The van der Waals surface area contributed by atoms with Crippen molar-refractivity contribution < 1.29 is 4.39 Å². The average molecular weight is 311 g/mol. The second-order valence-corrected chi connectivity index (χ2v) is 6.55. The maximum absolute atomic E-state index is 13.5. The molecular formula is C19H22FN3. The van der Waals surface area contributed by atoms with Gasteiger partial charge in [0.05, 0.1) is 0 Å². The highest BCUT2D eigenvalue weighted by Gasteiger charge is 2.27. The van der Waals surface area contributed by atoms with E-state index in [1.165, 1.54) is 5.56 Å². The van der Waals surface area contributed by atoms with Crippen molar-refractivity contribution in [2.75, 3.05) is 18.0 Å². The molecule has 0 spiro atoms. The molecule has 1 fully saturated rings. The molecule has 1 aliphatic carbocycles. The molecule has 1 aromatic heterocycles. The first-order chi connectivity index (χ1) is 11.3. The van der Waals surface area contributed by atoms with Gasteiger partial charge in [-0.2, -0.15) is 0 Å². The summed E-state index contributed by atoms with van der Waals surface area (Å²) in [6.45, 7) is 2.05. The summed E-state index contributed by atoms with van der Waals surface area (Å²) in [4.78, 5) is 6.78. The lowest BCUT2D eigenvalue weighted by Gasteiger charge is -2.34. The molecule has 23 heavy (non-hydrogen) atoms. The van der Waals surface area contributed by atoms with E-state index in [1.807, 2.05) is 24.4 Å². The quantitative estimate of drug-likeness (QED) is 0.941. The van der Waals surface area contributed by atoms with Gasteiger partial charge in [0.2, 0.25) is 0 Å². The Morgan fingerprint density at radius 3 is 2.74 bits per heavy atom. The van der Waals surface area contributed by atoms with Crippen molar-refractivity contribution in [3.8, 4) is 0 Å². The summed E-state index contributed by atoms with van der Waals surface area (Å²) in [6.07, 6.45) is 6.21. The first-order valence-electron chi connectivity index (χ1n) is 8.50. The molecule has 3 nitrogen and oxygen atoms in total. The fraction of sp³-hybridized carbons (Fsp3) is 0.421. The largest absolute Gasteiger partial charge is 0.357 e. The number of fused-ring (bicyclic) bond motifs is 1. The molecule has 0 unspecified atom stereocenters. The van der Waals surface area contributed by atoms with Crippen LogP contribution in [0.5, 0.6) is 0 Å². The third-order valence-corrected chi connectivity index (χ3v) is 5.09. The van der Waals surface area contributed by atoms with Gasteiger partial charge in [-0.05, 0) is 61.1 Å². The maximum Gasteiger partial charge on any atom is 0.128 e. The lowest BCUT2D eigenvalue weighted by atomic mass is 10.0. The summed E-state index contributed by atoms with van der Waals surface area (Å²) in [7, 11) is 0. The van der Waals surface area contributed by atoms with E-state index < -0.39 is 0 Å². The Bertz CT molecular complexity index is 666. The molecule has 2 aliphatic rings. The monoisotopic (exact) mass is 311 g/mol. The van der Waals surface area contributed by atoms with Gasteiger partial charge in [-0.3, -0.25) is 0 Å². The molecule has 4 heteroatoms. The number of aromatic nitrogens is 1. The minimum Gasteiger partial charge on any atom is -0.357 e. The molecule has 120 valence electrons. The van der Waals surface area contributed by atoms with Crippen LogP contribution in [-0.2, 0) is 6.42 Å². The maximum atomic E-state index is 13.5. The van der Waals surface area contributed by atoms with Crippen LogP contribution in [0.1, 0.15) is 36.4 Å². The predicted molar refractivity (Wildman–Crippen MR) is 90.1 cm³/mol. The Balaban J connectivity index is 1.37. The second-order valence-electron chi connectivity index (χ2n) is 6.55. The Morgan fingerprint density at radius 1 is 1.09 bits per heavy atom. The first kappa shape index (κ1) is 14.6. The van der Waals surface area contributed by atoms with Crippen molar-refractivity contribution in [3.05, 3.63) is 59.5 Å². The summed E-state index contributed by atoms with van der Waals surface area (Å²) < 4.78 is 13.5. The fourth-order valence-corrected chi connectivity index (χ4v) is 3.85. The molecular weight excluding hydrogens is 289 g/mol. The van der Waals surface area contributed by atoms with Crippen molar-refractivity contribution in [2.24, 2.45) is 0 Å². The van der Waals surface area contributed by atoms with E-state index in [0.717, 1.165) is 50.2 Å². The van der Waals surface area contributed by atoms with Crippen LogP contribution in [0.15, 0.2) is 42.6 Å². The van der Waals surface area contributed by atoms with Gasteiger partial charge < -0.3 is 10.2 Å². The zero-order chi connectivity index (χ0) is 15.6. The SMILES string of the molecule is Fc1ccc2c(c1)[C@H](NC1CCN(c3ccccn3)CC1)CC2. The summed E-state index contributed by atoms with van der Waals surface area (Å²) in [5, 5.41) is 3.76. The number of nitrogens with one attached hydrogen (secondary N) is 1. The highest BCUT2D eigenvalue weighted by atomic mass is 19.1. The Kier molecular flexibility index (Phi) is 4.00. The van der Waals surface area contributed by atoms with Crippen molar-refractivity contribution in [2.45, 2.75) is 37.8 Å². The second kappa shape index (κ2) is 6.28. The predicted octanol–water partition coefficient (Wildman–Crippen LogP) is 3.47. The van der Waals surface area contributed by atoms with Gasteiger partial charge >= 0.3 is 0 Å². The van der Waals surface area contributed by atoms with E-state index in [0.29, 0.717) is 12.1 Å². The minimum absolute atomic E-state index is 0.123. The highest BCUT2D eigenvalue weighted by molar-refractivity contribution is 5.38. The zero-order valence-corrected chi connectivity index (χ0v) is 13.2. The van der Waals surface area contributed by atoms with Crippen LogP contribution in [0.25, 0.3) is 0 Å². The van der Waals surface area contributed by atoms with Crippen LogP contribution < -0.4 is 10.2 Å². The number of rotatable bonds is 3. The molecule has 0 bridgehead atoms. The number of nitrogens with zero attached hydrogens (tertiary/aromatic N) is 2. The van der Waals surface area contributed by atoms with E-state index in [1.54, 1.807) is 12.1 Å². The lowest BCUT2D eigenvalue weighted by Crippen LogP contribution is -2.43. The summed E-state index contributed by atoms with van der Waals surface area (Å²) >= 11 is 0. The van der Waals surface area contributed by atoms with Crippen LogP contribution >= 0.6 is 0 Å². The molecule has 4 rings (SSSR count). The van der Waals surface area contributed by atoms with Gasteiger partial charge in [-0.1, -0.05) is 12.1 Å². The van der Waals surface area contributed by atoms with Crippen LogP contribution in [0, 0.1) is 5.82 Å². The van der Waals surface area contributed by atoms with Crippen LogP contribution in [0.2, 0.25) is 0 Å². The van der Waals surface area contributed by atoms with Gasteiger partial charge in [0.15, 0.2) is 0 Å². The Morgan fingerprint density at radius 2 is 1.96 bits per heavy atom. The van der Waals surface area contributed by atoms with Gasteiger partial charge in [0.25, 0.3) is 0 Å². The molecule has 1 N–H and O–H groups in total. The number of aryl methyl sites for hydroxylation is 1. The molecule has 1 atom stereocenters. The fourth-order valence-electron chi connectivity index (χ4n) is 3.85. The van der Waals surface area contributed by atoms with Gasteiger partial charge in [-0.15, -0.1) is 0 Å². The van der Waals surface area contributed by atoms with Crippen molar-refractivity contribution in [1.82, 2.24) is 10.3 Å². The Hall–Kier alpha value is -1.94. The molecule has 1 aromatic carbocycles. The zero-order valence-electron chi connectivity index (χ0n) is 13.2. The summed E-state index contributed by atoms with van der Waals surface area (Å²) in [5.41, 5.74) is 2.46. The van der Waals surface area contributed by atoms with Gasteiger partial charge in [-0.25, -0.2) is 9.37 Å². The van der Waals surface area contributed by atoms with Crippen LogP contribution in [0.4, 0.5) is 10.2 Å². The molecule has 0 saturated carbocycles. The molecule has 1 aliphatic heterocycles. The number of benzene rings is 1. The molecule has 0 radical (unpaired) electrons. The lowest BCUT2D eigenvalue weighted by molar-refractivity contribution is 0.367. The van der Waals surface area contributed by atoms with E-state index >= 15 is 0 Å². The highest BCUT2D eigenvalue weighted by Crippen LogP contribution is 2.32. The normalized spacial score (nSPS) is 21.4. The first-order valence-corrected chi connectivity index (χ1v) is 8.50. The van der Waals surface area contributed by atoms with Crippen LogP contribution in [0.3, 0.4) is 0 Å². The van der Waals surface area contributed by atoms with E-state index in [9.17, 15) is 4.39 Å². The minimum atomic E-state index is -0.123. The number of pyridine rings is 1. The van der Waals surface area contributed by atoms with Crippen molar-refractivity contribution >= 4 is 5.82 Å². The van der Waals surface area contributed by atoms with E-state index in [-0.39, 0.29) is 5.82 Å². The third-order valence-electron chi connectivity index (χ3n) is 5.09. The molecule has 2 aromatic rings. The van der Waals surface area contributed by atoms with E-state index in [2.05, 4.69) is 21.3 Å². The number of hydrogen-bond donors (Lipinski definition) is 1. The summed E-state index contributed by atoms with van der Waals surface area (Å²) in [6, 6.07) is 12.1. The number of piperidine rings is 1. The van der Waals surface area contributed by atoms with Crippen LogP contribution in [-0.4, -0.2) is 24.1 Å². The van der Waals surface area contributed by atoms with Crippen molar-refractivity contribution in [1.29, 1.82) is 0 Å².